The van der Waals surface area contributed by atoms with Crippen LogP contribution in [0.3, 0.4) is 0 Å². The van der Waals surface area contributed by atoms with Gasteiger partial charge in [0.15, 0.2) is 6.61 Å². The van der Waals surface area contributed by atoms with Gasteiger partial charge in [-0.2, -0.15) is 0 Å². The molecule has 0 fully saturated rings. The number of carbonyl (C=O) groups is 1. The molecule has 0 aliphatic rings. The maximum atomic E-state index is 11.9. The van der Waals surface area contributed by atoms with Crippen molar-refractivity contribution >= 4 is 33.4 Å². The Morgan fingerprint density at radius 3 is 2.73 bits per heavy atom. The van der Waals surface area contributed by atoms with Gasteiger partial charge in [-0.05, 0) is 49.1 Å². The smallest absolute Gasteiger partial charge is 0.257 e. The maximum absolute atomic E-state index is 11.9. The summed E-state index contributed by atoms with van der Waals surface area (Å²) in [6, 6.07) is 13.3. The number of benzene rings is 2. The Morgan fingerprint density at radius 1 is 1.15 bits per heavy atom. The Hall–Kier alpha value is -1.72. The highest BCUT2D eigenvalue weighted by atomic mass is 79.9. The second kappa shape index (κ2) is 11.1. The molecule has 0 spiro atoms. The Kier molecular flexibility index (Phi) is 8.78. The van der Waals surface area contributed by atoms with Crippen LogP contribution in [0.5, 0.6) is 11.5 Å². The standard InChI is InChI=1S/C20H23BrClNO3/c1-2-12-25-18-8-4-3-6-15(18)7-5-11-23-20(24)14-26-19-10-9-16(21)13-17(19)22/h3-4,6,8-10,13H,2,5,7,11-12,14H2,1H3,(H,23,24). The molecule has 0 unspecified atom stereocenters. The van der Waals surface area contributed by atoms with E-state index in [0.29, 0.717) is 23.9 Å². The number of amides is 1. The van der Waals surface area contributed by atoms with E-state index in [1.54, 1.807) is 12.1 Å². The first-order chi connectivity index (χ1) is 12.6. The third kappa shape index (κ3) is 6.89. The van der Waals surface area contributed by atoms with Gasteiger partial charge in [-0.15, -0.1) is 0 Å². The van der Waals surface area contributed by atoms with Crippen LogP contribution < -0.4 is 14.8 Å². The van der Waals surface area contributed by atoms with Gasteiger partial charge in [0.1, 0.15) is 11.5 Å². The summed E-state index contributed by atoms with van der Waals surface area (Å²) in [6.45, 7) is 3.32. The van der Waals surface area contributed by atoms with Crippen molar-refractivity contribution in [2.75, 3.05) is 19.8 Å². The van der Waals surface area contributed by atoms with Gasteiger partial charge in [-0.25, -0.2) is 0 Å². The second-order valence-electron chi connectivity index (χ2n) is 5.77. The van der Waals surface area contributed by atoms with Crippen LogP contribution in [0.4, 0.5) is 0 Å². The SMILES string of the molecule is CCCOc1ccccc1CCCNC(=O)COc1ccc(Br)cc1Cl. The van der Waals surface area contributed by atoms with Gasteiger partial charge in [0.25, 0.3) is 5.91 Å². The molecule has 140 valence electrons. The first-order valence-electron chi connectivity index (χ1n) is 8.65. The Bertz CT molecular complexity index is 724. The molecule has 6 heteroatoms. The number of halogens is 2. The summed E-state index contributed by atoms with van der Waals surface area (Å²) >= 11 is 9.39. The highest BCUT2D eigenvalue weighted by Crippen LogP contribution is 2.27. The number of ether oxygens (including phenoxy) is 2. The van der Waals surface area contributed by atoms with Crippen LogP contribution in [0.2, 0.25) is 5.02 Å². The van der Waals surface area contributed by atoms with Crippen LogP contribution in [0.1, 0.15) is 25.3 Å². The molecule has 26 heavy (non-hydrogen) atoms. The molecule has 2 aromatic carbocycles. The van der Waals surface area contributed by atoms with E-state index in [9.17, 15) is 4.79 Å². The minimum Gasteiger partial charge on any atom is -0.493 e. The number of nitrogens with one attached hydrogen (secondary N) is 1. The molecule has 0 aliphatic carbocycles. The first-order valence-corrected chi connectivity index (χ1v) is 9.82. The molecular formula is C20H23BrClNO3. The van der Waals surface area contributed by atoms with Crippen LogP contribution in [-0.4, -0.2) is 25.7 Å². The molecule has 0 aliphatic heterocycles. The zero-order valence-electron chi connectivity index (χ0n) is 14.8. The van der Waals surface area contributed by atoms with Crippen molar-refractivity contribution in [1.29, 1.82) is 0 Å². The van der Waals surface area contributed by atoms with E-state index < -0.39 is 0 Å². The topological polar surface area (TPSA) is 47.6 Å². The van der Waals surface area contributed by atoms with Crippen molar-refractivity contribution < 1.29 is 14.3 Å². The van der Waals surface area contributed by atoms with Gasteiger partial charge in [0, 0.05) is 11.0 Å². The van der Waals surface area contributed by atoms with Crippen molar-refractivity contribution in [3.63, 3.8) is 0 Å². The van der Waals surface area contributed by atoms with Crippen molar-refractivity contribution in [2.24, 2.45) is 0 Å². The van der Waals surface area contributed by atoms with E-state index >= 15 is 0 Å². The van der Waals surface area contributed by atoms with Gasteiger partial charge in [-0.1, -0.05) is 52.7 Å². The largest absolute Gasteiger partial charge is 0.493 e. The number of para-hydroxylation sites is 1. The van der Waals surface area contributed by atoms with Crippen LogP contribution >= 0.6 is 27.5 Å². The lowest BCUT2D eigenvalue weighted by Gasteiger charge is -2.11. The molecular weight excluding hydrogens is 418 g/mol. The summed E-state index contributed by atoms with van der Waals surface area (Å²) in [5, 5.41) is 3.33. The molecule has 2 rings (SSSR count). The third-order valence-electron chi connectivity index (χ3n) is 3.63. The number of rotatable bonds is 10. The van der Waals surface area contributed by atoms with Gasteiger partial charge < -0.3 is 14.8 Å². The number of hydrogen-bond donors (Lipinski definition) is 1. The fourth-order valence-electron chi connectivity index (χ4n) is 2.36. The normalized spacial score (nSPS) is 10.4. The minimum atomic E-state index is -0.167. The van der Waals surface area contributed by atoms with E-state index in [-0.39, 0.29) is 12.5 Å². The predicted octanol–water partition coefficient (Wildman–Crippen LogP) is 5.02. The number of aryl methyl sites for hydroxylation is 1. The van der Waals surface area contributed by atoms with Gasteiger partial charge in [0.05, 0.1) is 11.6 Å². The molecule has 0 radical (unpaired) electrons. The first kappa shape index (κ1) is 20.6. The summed E-state index contributed by atoms with van der Waals surface area (Å²) in [4.78, 5) is 11.9. The fraction of sp³-hybridized carbons (Fsp3) is 0.350. The summed E-state index contributed by atoms with van der Waals surface area (Å²) in [6.07, 6.45) is 2.66. The van der Waals surface area contributed by atoms with Crippen molar-refractivity contribution in [3.05, 3.63) is 57.5 Å². The molecule has 2 aromatic rings. The summed E-state index contributed by atoms with van der Waals surface area (Å²) in [7, 11) is 0. The molecule has 0 saturated carbocycles. The summed E-state index contributed by atoms with van der Waals surface area (Å²) in [5.41, 5.74) is 1.16. The maximum Gasteiger partial charge on any atom is 0.257 e. The zero-order valence-corrected chi connectivity index (χ0v) is 17.1. The van der Waals surface area contributed by atoms with Crippen molar-refractivity contribution in [3.8, 4) is 11.5 Å². The van der Waals surface area contributed by atoms with Crippen LogP contribution in [0, 0.1) is 0 Å². The highest BCUT2D eigenvalue weighted by molar-refractivity contribution is 9.10. The lowest BCUT2D eigenvalue weighted by Crippen LogP contribution is -2.30. The Labute approximate surface area is 168 Å². The second-order valence-corrected chi connectivity index (χ2v) is 7.10. The molecule has 1 N–H and O–H groups in total. The van der Waals surface area contributed by atoms with Crippen molar-refractivity contribution in [2.45, 2.75) is 26.2 Å². The van der Waals surface area contributed by atoms with E-state index in [4.69, 9.17) is 21.1 Å². The molecule has 4 nitrogen and oxygen atoms in total. The zero-order chi connectivity index (χ0) is 18.8. The number of carbonyl (C=O) groups excluding carboxylic acids is 1. The molecule has 0 atom stereocenters. The minimum absolute atomic E-state index is 0.0580. The van der Waals surface area contributed by atoms with E-state index in [0.717, 1.165) is 35.0 Å². The van der Waals surface area contributed by atoms with E-state index in [2.05, 4.69) is 34.2 Å². The lowest BCUT2D eigenvalue weighted by atomic mass is 10.1. The lowest BCUT2D eigenvalue weighted by molar-refractivity contribution is -0.123. The van der Waals surface area contributed by atoms with E-state index in [1.807, 2.05) is 24.3 Å². The molecule has 0 bridgehead atoms. The summed E-state index contributed by atoms with van der Waals surface area (Å²) < 4.78 is 12.1. The average Bonchev–Trinajstić information content (AvgIpc) is 2.63. The van der Waals surface area contributed by atoms with Gasteiger partial charge in [0.2, 0.25) is 0 Å². The van der Waals surface area contributed by atoms with Crippen LogP contribution in [0.15, 0.2) is 46.9 Å². The highest BCUT2D eigenvalue weighted by Gasteiger charge is 2.07. The van der Waals surface area contributed by atoms with Crippen molar-refractivity contribution in [1.82, 2.24) is 5.32 Å². The third-order valence-corrected chi connectivity index (χ3v) is 4.42. The monoisotopic (exact) mass is 439 g/mol. The molecule has 0 saturated heterocycles. The van der Waals surface area contributed by atoms with E-state index in [1.165, 1.54) is 0 Å². The van der Waals surface area contributed by atoms with Gasteiger partial charge >= 0.3 is 0 Å². The fourth-order valence-corrected chi connectivity index (χ4v) is 3.08. The Morgan fingerprint density at radius 2 is 1.96 bits per heavy atom. The van der Waals surface area contributed by atoms with Gasteiger partial charge in [-0.3, -0.25) is 4.79 Å². The molecule has 0 heterocycles. The average molecular weight is 441 g/mol. The molecule has 0 aromatic heterocycles. The van der Waals surface area contributed by atoms with Crippen LogP contribution in [0.25, 0.3) is 0 Å². The number of hydrogen-bond acceptors (Lipinski definition) is 3. The summed E-state index contributed by atoms with van der Waals surface area (Å²) in [5.74, 6) is 1.25. The molecule has 1 amide bonds. The Balaban J connectivity index is 1.70. The quantitative estimate of drug-likeness (QED) is 0.528. The van der Waals surface area contributed by atoms with Crippen LogP contribution in [-0.2, 0) is 11.2 Å². The predicted molar refractivity (Wildman–Crippen MR) is 108 cm³/mol.